The molecule has 1 amide bonds. The number of hydrogen-bond donors (Lipinski definition) is 0. The van der Waals surface area contributed by atoms with Gasteiger partial charge in [-0.15, -0.1) is 5.10 Å². The van der Waals surface area contributed by atoms with E-state index in [1.165, 1.54) is 27.0 Å². The summed E-state index contributed by atoms with van der Waals surface area (Å²) in [5.41, 5.74) is 3.06. The molecule has 1 aliphatic heterocycles. The molecule has 2 aromatic heterocycles. The van der Waals surface area contributed by atoms with Crippen LogP contribution >= 0.6 is 11.8 Å². The number of amides is 1. The number of tetrazole rings is 1. The number of thioether (sulfide) groups is 1. The van der Waals surface area contributed by atoms with Gasteiger partial charge in [-0.1, -0.05) is 41.6 Å². The van der Waals surface area contributed by atoms with Gasteiger partial charge in [0.2, 0.25) is 5.16 Å². The SMILES string of the molecule is Cc1ccc(C2=NN(C(=O)CSc3nnnn3C)[C@@H](c3ccco3)C2)cc1. The van der Waals surface area contributed by atoms with Crippen LogP contribution in [0.4, 0.5) is 0 Å². The molecule has 138 valence electrons. The molecular formula is C18H18N6O2S. The first kappa shape index (κ1) is 17.5. The second kappa shape index (κ2) is 7.36. The molecule has 0 unspecified atom stereocenters. The van der Waals surface area contributed by atoms with Crippen LogP contribution in [-0.4, -0.2) is 42.6 Å². The van der Waals surface area contributed by atoms with Crippen LogP contribution in [0, 0.1) is 6.92 Å². The predicted molar refractivity (Wildman–Crippen MR) is 100 cm³/mol. The Kier molecular flexibility index (Phi) is 4.76. The van der Waals surface area contributed by atoms with Crippen molar-refractivity contribution in [2.75, 3.05) is 5.75 Å². The Labute approximate surface area is 160 Å². The molecule has 0 bridgehead atoms. The van der Waals surface area contributed by atoms with E-state index in [1.54, 1.807) is 13.3 Å². The summed E-state index contributed by atoms with van der Waals surface area (Å²) in [7, 11) is 1.74. The molecule has 0 saturated heterocycles. The maximum Gasteiger partial charge on any atom is 0.253 e. The van der Waals surface area contributed by atoms with E-state index in [2.05, 4.69) is 20.6 Å². The summed E-state index contributed by atoms with van der Waals surface area (Å²) >= 11 is 1.28. The van der Waals surface area contributed by atoms with Crippen LogP contribution in [0.15, 0.2) is 57.3 Å². The van der Waals surface area contributed by atoms with Crippen molar-refractivity contribution in [1.82, 2.24) is 25.2 Å². The van der Waals surface area contributed by atoms with Crippen molar-refractivity contribution >= 4 is 23.4 Å². The van der Waals surface area contributed by atoms with E-state index in [0.29, 0.717) is 11.6 Å². The molecule has 3 aromatic rings. The molecule has 0 aliphatic carbocycles. The zero-order valence-electron chi connectivity index (χ0n) is 14.9. The molecule has 8 nitrogen and oxygen atoms in total. The lowest BCUT2D eigenvalue weighted by atomic mass is 10.0. The highest BCUT2D eigenvalue weighted by Crippen LogP contribution is 2.33. The Morgan fingerprint density at radius 2 is 2.11 bits per heavy atom. The number of carbonyl (C=O) groups is 1. The predicted octanol–water partition coefficient (Wildman–Crippen LogP) is 2.58. The van der Waals surface area contributed by atoms with E-state index < -0.39 is 0 Å². The second-order valence-electron chi connectivity index (χ2n) is 6.26. The number of hydrogen-bond acceptors (Lipinski definition) is 7. The van der Waals surface area contributed by atoms with Gasteiger partial charge in [-0.3, -0.25) is 4.79 Å². The van der Waals surface area contributed by atoms with Gasteiger partial charge in [0, 0.05) is 13.5 Å². The van der Waals surface area contributed by atoms with Crippen LogP contribution in [-0.2, 0) is 11.8 Å². The summed E-state index contributed by atoms with van der Waals surface area (Å²) in [5, 5.41) is 18.0. The molecule has 9 heteroatoms. The largest absolute Gasteiger partial charge is 0.467 e. The average Bonchev–Trinajstić information content (AvgIpc) is 3.41. The fourth-order valence-corrected chi connectivity index (χ4v) is 3.60. The van der Waals surface area contributed by atoms with E-state index in [4.69, 9.17) is 4.42 Å². The molecule has 1 aromatic carbocycles. The molecule has 3 heterocycles. The fraction of sp³-hybridized carbons (Fsp3) is 0.278. The highest BCUT2D eigenvalue weighted by Gasteiger charge is 2.34. The first-order valence-corrected chi connectivity index (χ1v) is 9.45. The van der Waals surface area contributed by atoms with Crippen LogP contribution in [0.1, 0.15) is 29.3 Å². The Morgan fingerprint density at radius 3 is 2.78 bits per heavy atom. The van der Waals surface area contributed by atoms with Gasteiger partial charge in [0.15, 0.2) is 0 Å². The van der Waals surface area contributed by atoms with Crippen LogP contribution in [0.25, 0.3) is 0 Å². The Morgan fingerprint density at radius 1 is 1.30 bits per heavy atom. The third-order valence-corrected chi connectivity index (χ3v) is 5.32. The van der Waals surface area contributed by atoms with Crippen molar-refractivity contribution in [3.05, 3.63) is 59.5 Å². The second-order valence-corrected chi connectivity index (χ2v) is 7.20. The molecule has 0 radical (unpaired) electrons. The summed E-state index contributed by atoms with van der Waals surface area (Å²) in [6.07, 6.45) is 2.22. The highest BCUT2D eigenvalue weighted by atomic mass is 32.2. The number of aryl methyl sites for hydroxylation is 2. The first-order valence-electron chi connectivity index (χ1n) is 8.47. The third kappa shape index (κ3) is 3.63. The average molecular weight is 382 g/mol. The molecule has 0 N–H and O–H groups in total. The maximum atomic E-state index is 12.9. The van der Waals surface area contributed by atoms with Crippen molar-refractivity contribution in [1.29, 1.82) is 0 Å². The minimum absolute atomic E-state index is 0.119. The van der Waals surface area contributed by atoms with E-state index in [9.17, 15) is 4.79 Å². The highest BCUT2D eigenvalue weighted by molar-refractivity contribution is 7.99. The number of aromatic nitrogens is 4. The first-order chi connectivity index (χ1) is 13.1. The van der Waals surface area contributed by atoms with E-state index in [-0.39, 0.29) is 17.7 Å². The van der Waals surface area contributed by atoms with Gasteiger partial charge in [0.05, 0.1) is 17.7 Å². The lowest BCUT2D eigenvalue weighted by Crippen LogP contribution is -2.28. The maximum absolute atomic E-state index is 12.9. The Hall–Kier alpha value is -2.94. The summed E-state index contributed by atoms with van der Waals surface area (Å²) < 4.78 is 7.09. The van der Waals surface area contributed by atoms with Crippen molar-refractivity contribution < 1.29 is 9.21 Å². The van der Waals surface area contributed by atoms with Crippen LogP contribution in [0.2, 0.25) is 0 Å². The fourth-order valence-electron chi connectivity index (χ4n) is 2.90. The molecule has 0 spiro atoms. The van der Waals surface area contributed by atoms with Gasteiger partial charge in [-0.05, 0) is 35.0 Å². The third-order valence-electron chi connectivity index (χ3n) is 4.33. The van der Waals surface area contributed by atoms with Crippen LogP contribution < -0.4 is 0 Å². The van der Waals surface area contributed by atoms with E-state index in [0.717, 1.165) is 17.0 Å². The van der Waals surface area contributed by atoms with Crippen molar-refractivity contribution in [3.8, 4) is 0 Å². The van der Waals surface area contributed by atoms with E-state index >= 15 is 0 Å². The summed E-state index contributed by atoms with van der Waals surface area (Å²) in [5.74, 6) is 0.793. The van der Waals surface area contributed by atoms with Gasteiger partial charge in [-0.25, -0.2) is 9.69 Å². The summed E-state index contributed by atoms with van der Waals surface area (Å²) in [6, 6.07) is 11.6. The molecule has 1 aliphatic rings. The summed E-state index contributed by atoms with van der Waals surface area (Å²) in [4.78, 5) is 12.9. The number of rotatable bonds is 5. The zero-order valence-corrected chi connectivity index (χ0v) is 15.8. The summed E-state index contributed by atoms with van der Waals surface area (Å²) in [6.45, 7) is 2.04. The molecule has 27 heavy (non-hydrogen) atoms. The molecule has 0 saturated carbocycles. The normalized spacial score (nSPS) is 16.6. The van der Waals surface area contributed by atoms with Gasteiger partial charge < -0.3 is 4.42 Å². The van der Waals surface area contributed by atoms with E-state index in [1.807, 2.05) is 43.3 Å². The molecule has 4 rings (SSSR count). The lowest BCUT2D eigenvalue weighted by Gasteiger charge is -2.19. The number of nitrogens with zero attached hydrogens (tertiary/aromatic N) is 6. The minimum Gasteiger partial charge on any atom is -0.467 e. The van der Waals surface area contributed by atoms with Crippen molar-refractivity contribution in [3.63, 3.8) is 0 Å². The van der Waals surface area contributed by atoms with Crippen LogP contribution in [0.5, 0.6) is 0 Å². The molecular weight excluding hydrogens is 364 g/mol. The monoisotopic (exact) mass is 382 g/mol. The van der Waals surface area contributed by atoms with Gasteiger partial charge in [0.25, 0.3) is 5.91 Å². The topological polar surface area (TPSA) is 89.4 Å². The smallest absolute Gasteiger partial charge is 0.253 e. The van der Waals surface area contributed by atoms with Crippen molar-refractivity contribution in [2.24, 2.45) is 12.1 Å². The number of hydrazone groups is 1. The van der Waals surface area contributed by atoms with Gasteiger partial charge in [0.1, 0.15) is 11.8 Å². The Bertz CT molecular complexity index is 964. The zero-order chi connectivity index (χ0) is 18.8. The van der Waals surface area contributed by atoms with Crippen LogP contribution in [0.3, 0.4) is 0 Å². The molecule has 0 fully saturated rings. The molecule has 1 atom stereocenters. The van der Waals surface area contributed by atoms with Gasteiger partial charge in [-0.2, -0.15) is 5.10 Å². The standard InChI is InChI=1S/C18H18N6O2S/c1-12-5-7-13(8-6-12)14-10-15(16-4-3-9-26-16)24(20-14)17(25)11-27-18-19-21-22-23(18)2/h3-9,15H,10-11H2,1-2H3/t15-/m1/s1. The van der Waals surface area contributed by atoms with Gasteiger partial charge >= 0.3 is 0 Å². The quantitative estimate of drug-likeness (QED) is 0.630. The Balaban J connectivity index is 1.56. The number of benzene rings is 1. The lowest BCUT2D eigenvalue weighted by molar-refractivity contribution is -0.130. The number of carbonyl (C=O) groups excluding carboxylic acids is 1. The van der Waals surface area contributed by atoms with Crippen molar-refractivity contribution in [2.45, 2.75) is 24.5 Å². The minimum atomic E-state index is -0.248. The number of furan rings is 1.